The lowest BCUT2D eigenvalue weighted by atomic mass is 10.1. The maximum atomic E-state index is 3.74. The van der Waals surface area contributed by atoms with Crippen molar-refractivity contribution in [2.45, 2.75) is 38.3 Å². The molecule has 2 unspecified atom stereocenters. The Hall–Kier alpha value is -0.120. The maximum Gasteiger partial charge on any atom is 0.0349 e. The van der Waals surface area contributed by atoms with Crippen LogP contribution < -0.4 is 5.32 Å². The molecule has 3 saturated heterocycles. The average Bonchev–Trinajstić information content (AvgIpc) is 3.12. The van der Waals surface area contributed by atoms with Crippen molar-refractivity contribution in [3.05, 3.63) is 0 Å². The van der Waals surface area contributed by atoms with E-state index >= 15 is 0 Å². The first kappa shape index (κ1) is 11.0. The van der Waals surface area contributed by atoms with Crippen molar-refractivity contribution in [3.8, 4) is 0 Å². The quantitative estimate of drug-likeness (QED) is 0.742. The number of hydrogen-bond donors (Lipinski definition) is 1. The molecule has 0 amide bonds. The first-order valence-corrected chi connectivity index (χ1v) is 7.01. The molecule has 2 bridgehead atoms. The number of fused-ring (bicyclic) bond motifs is 3. The van der Waals surface area contributed by atoms with E-state index in [2.05, 4.69) is 22.0 Å². The normalized spacial score (nSPS) is 39.9. The molecule has 3 aliphatic heterocycles. The zero-order chi connectivity index (χ0) is 11.0. The lowest BCUT2D eigenvalue weighted by Gasteiger charge is -2.47. The standard InChI is InChI=1S/C13H25N3/c1-11(8-12-2-3-12)14-9-13-10-15-4-6-16(13)7-5-15/h11-14H,2-10H2,1H3. The number of nitrogens with zero attached hydrogens (tertiary/aromatic N) is 2. The van der Waals surface area contributed by atoms with Crippen LogP contribution in [0.1, 0.15) is 26.2 Å². The predicted molar refractivity (Wildman–Crippen MR) is 66.6 cm³/mol. The molecule has 3 nitrogen and oxygen atoms in total. The fourth-order valence-corrected chi connectivity index (χ4v) is 3.19. The average molecular weight is 223 g/mol. The van der Waals surface area contributed by atoms with Crippen LogP contribution in [0.3, 0.4) is 0 Å². The molecule has 0 radical (unpaired) electrons. The summed E-state index contributed by atoms with van der Waals surface area (Å²) in [6.45, 7) is 10.0. The van der Waals surface area contributed by atoms with Crippen LogP contribution in [-0.2, 0) is 0 Å². The molecule has 3 heteroatoms. The smallest absolute Gasteiger partial charge is 0.0349 e. The maximum absolute atomic E-state index is 3.74. The van der Waals surface area contributed by atoms with Gasteiger partial charge < -0.3 is 5.32 Å². The van der Waals surface area contributed by atoms with E-state index in [1.807, 2.05) is 0 Å². The van der Waals surface area contributed by atoms with E-state index in [1.54, 1.807) is 0 Å². The van der Waals surface area contributed by atoms with Gasteiger partial charge in [-0.2, -0.15) is 0 Å². The van der Waals surface area contributed by atoms with Crippen molar-refractivity contribution >= 4 is 0 Å². The molecule has 1 N–H and O–H groups in total. The molecule has 1 saturated carbocycles. The van der Waals surface area contributed by atoms with Crippen molar-refractivity contribution in [2.24, 2.45) is 5.92 Å². The van der Waals surface area contributed by atoms with E-state index < -0.39 is 0 Å². The van der Waals surface area contributed by atoms with Crippen molar-refractivity contribution in [1.29, 1.82) is 0 Å². The van der Waals surface area contributed by atoms with Crippen molar-refractivity contribution in [1.82, 2.24) is 15.1 Å². The molecule has 4 fully saturated rings. The lowest BCUT2D eigenvalue weighted by Crippen LogP contribution is -2.63. The minimum Gasteiger partial charge on any atom is -0.313 e. The third-order valence-corrected chi connectivity index (χ3v) is 4.48. The van der Waals surface area contributed by atoms with Gasteiger partial charge in [0.1, 0.15) is 0 Å². The minimum atomic E-state index is 0.726. The molecule has 0 aromatic carbocycles. The predicted octanol–water partition coefficient (Wildman–Crippen LogP) is 0.764. The van der Waals surface area contributed by atoms with Gasteiger partial charge in [-0.25, -0.2) is 0 Å². The molecule has 0 aromatic heterocycles. The summed E-state index contributed by atoms with van der Waals surface area (Å²) in [7, 11) is 0. The summed E-state index contributed by atoms with van der Waals surface area (Å²) in [5.74, 6) is 1.05. The fourth-order valence-electron chi connectivity index (χ4n) is 3.19. The summed E-state index contributed by atoms with van der Waals surface area (Å²) >= 11 is 0. The second-order valence-corrected chi connectivity index (χ2v) is 5.98. The fraction of sp³-hybridized carbons (Fsp3) is 1.00. The molecule has 3 heterocycles. The SMILES string of the molecule is CC(CC1CC1)NCC1CN2CCN1CC2. The number of nitrogens with one attached hydrogen (secondary N) is 1. The van der Waals surface area contributed by atoms with E-state index in [9.17, 15) is 0 Å². The highest BCUT2D eigenvalue weighted by Crippen LogP contribution is 2.33. The third kappa shape index (κ3) is 2.58. The minimum absolute atomic E-state index is 0.726. The second-order valence-electron chi connectivity index (χ2n) is 5.98. The molecule has 0 aromatic rings. The lowest BCUT2D eigenvalue weighted by molar-refractivity contribution is 0.0127. The Balaban J connectivity index is 1.40. The van der Waals surface area contributed by atoms with E-state index in [1.165, 1.54) is 58.5 Å². The number of rotatable bonds is 5. The van der Waals surface area contributed by atoms with Crippen molar-refractivity contribution in [2.75, 3.05) is 39.3 Å². The first-order chi connectivity index (χ1) is 7.81. The molecular formula is C13H25N3. The van der Waals surface area contributed by atoms with Crippen LogP contribution in [0, 0.1) is 5.92 Å². The Bertz CT molecular complexity index is 231. The number of hydrogen-bond acceptors (Lipinski definition) is 3. The Morgan fingerprint density at radius 1 is 1.19 bits per heavy atom. The van der Waals surface area contributed by atoms with Crippen molar-refractivity contribution < 1.29 is 0 Å². The monoisotopic (exact) mass is 223 g/mol. The summed E-state index contributed by atoms with van der Waals surface area (Å²) in [4.78, 5) is 5.30. The molecule has 4 rings (SSSR count). The largest absolute Gasteiger partial charge is 0.313 e. The highest BCUT2D eigenvalue weighted by molar-refractivity contribution is 4.90. The zero-order valence-electron chi connectivity index (χ0n) is 10.5. The summed E-state index contributed by atoms with van der Waals surface area (Å²) in [5.41, 5.74) is 0. The summed E-state index contributed by atoms with van der Waals surface area (Å²) in [6, 6.07) is 1.51. The van der Waals surface area contributed by atoms with Crippen LogP contribution >= 0.6 is 0 Å². The molecule has 0 spiro atoms. The molecule has 2 atom stereocenters. The Morgan fingerprint density at radius 3 is 2.50 bits per heavy atom. The zero-order valence-corrected chi connectivity index (χ0v) is 10.5. The van der Waals surface area contributed by atoms with Gasteiger partial charge in [-0.1, -0.05) is 12.8 Å². The van der Waals surface area contributed by atoms with Gasteiger partial charge in [0.25, 0.3) is 0 Å². The molecule has 1 aliphatic carbocycles. The van der Waals surface area contributed by atoms with Crippen LogP contribution in [-0.4, -0.2) is 61.2 Å². The van der Waals surface area contributed by atoms with Gasteiger partial charge in [0.2, 0.25) is 0 Å². The van der Waals surface area contributed by atoms with Gasteiger partial charge in [0.15, 0.2) is 0 Å². The number of piperazine rings is 3. The Labute approximate surface area is 99.2 Å². The molecule has 4 aliphatic rings. The summed E-state index contributed by atoms with van der Waals surface area (Å²) in [6.07, 6.45) is 4.36. The molecule has 92 valence electrons. The second kappa shape index (κ2) is 4.63. The van der Waals surface area contributed by atoms with Gasteiger partial charge in [-0.15, -0.1) is 0 Å². The van der Waals surface area contributed by atoms with Gasteiger partial charge in [0.05, 0.1) is 0 Å². The Kier molecular flexibility index (Phi) is 3.18. The summed E-state index contributed by atoms with van der Waals surface area (Å²) < 4.78 is 0. The highest BCUT2D eigenvalue weighted by Gasteiger charge is 2.32. The molecule has 16 heavy (non-hydrogen) atoms. The van der Waals surface area contributed by atoms with Crippen LogP contribution in [0.2, 0.25) is 0 Å². The van der Waals surface area contributed by atoms with E-state index in [-0.39, 0.29) is 0 Å². The highest BCUT2D eigenvalue weighted by atomic mass is 15.3. The third-order valence-electron chi connectivity index (χ3n) is 4.48. The van der Waals surface area contributed by atoms with Crippen LogP contribution in [0.25, 0.3) is 0 Å². The van der Waals surface area contributed by atoms with E-state index in [4.69, 9.17) is 0 Å². The van der Waals surface area contributed by atoms with Crippen LogP contribution in [0.4, 0.5) is 0 Å². The van der Waals surface area contributed by atoms with Crippen molar-refractivity contribution in [3.63, 3.8) is 0 Å². The van der Waals surface area contributed by atoms with Gasteiger partial charge >= 0.3 is 0 Å². The van der Waals surface area contributed by atoms with Gasteiger partial charge in [-0.05, 0) is 19.3 Å². The molecular weight excluding hydrogens is 198 g/mol. The summed E-state index contributed by atoms with van der Waals surface area (Å²) in [5, 5.41) is 3.74. The van der Waals surface area contributed by atoms with E-state index in [0.717, 1.165) is 18.0 Å². The van der Waals surface area contributed by atoms with Crippen LogP contribution in [0.5, 0.6) is 0 Å². The Morgan fingerprint density at radius 2 is 1.94 bits per heavy atom. The van der Waals surface area contributed by atoms with Gasteiger partial charge in [-0.3, -0.25) is 9.80 Å². The van der Waals surface area contributed by atoms with Crippen LogP contribution in [0.15, 0.2) is 0 Å². The van der Waals surface area contributed by atoms with E-state index in [0.29, 0.717) is 0 Å². The van der Waals surface area contributed by atoms with Gasteiger partial charge in [0, 0.05) is 51.4 Å². The topological polar surface area (TPSA) is 18.5 Å². The first-order valence-electron chi connectivity index (χ1n) is 7.01.